The van der Waals surface area contributed by atoms with E-state index < -0.39 is 5.91 Å². The van der Waals surface area contributed by atoms with E-state index in [-0.39, 0.29) is 11.4 Å². The molecule has 0 bridgehead atoms. The number of benzene rings is 1. The van der Waals surface area contributed by atoms with Gasteiger partial charge in [-0.2, -0.15) is 0 Å². The Balaban J connectivity index is 1.95. The number of aromatic amines is 1. The molecule has 2 aromatic rings. The molecule has 0 radical (unpaired) electrons. The number of carbonyl (C=O) groups excluding carboxylic acids is 2. The number of carbonyl (C=O) groups is 2. The van der Waals surface area contributed by atoms with Crippen molar-refractivity contribution in [3.63, 3.8) is 0 Å². The van der Waals surface area contributed by atoms with Crippen molar-refractivity contribution in [1.29, 1.82) is 0 Å². The lowest BCUT2D eigenvalue weighted by Gasteiger charge is -2.31. The molecule has 9 heteroatoms. The lowest BCUT2D eigenvalue weighted by Crippen LogP contribution is -2.36. The SMILES string of the molecule is CCOc1cc(N2CCOCC2)c(OCC)cc1NC(=O)c1[nH]cnc1C=O. The molecule has 28 heavy (non-hydrogen) atoms. The fourth-order valence-electron chi connectivity index (χ4n) is 3.01. The molecule has 1 fully saturated rings. The second kappa shape index (κ2) is 9.23. The second-order valence-corrected chi connectivity index (χ2v) is 6.02. The number of aldehydes is 1. The highest BCUT2D eigenvalue weighted by molar-refractivity contribution is 6.07. The van der Waals surface area contributed by atoms with E-state index in [1.165, 1.54) is 6.33 Å². The predicted molar refractivity (Wildman–Crippen MR) is 104 cm³/mol. The minimum absolute atomic E-state index is 0.0467. The van der Waals surface area contributed by atoms with Gasteiger partial charge in [0.05, 0.1) is 44.1 Å². The Hall–Kier alpha value is -3.07. The summed E-state index contributed by atoms with van der Waals surface area (Å²) in [6, 6.07) is 3.61. The van der Waals surface area contributed by atoms with Crippen LogP contribution < -0.4 is 19.7 Å². The van der Waals surface area contributed by atoms with Gasteiger partial charge in [0.15, 0.2) is 6.29 Å². The van der Waals surface area contributed by atoms with E-state index in [0.29, 0.717) is 49.9 Å². The molecule has 1 aliphatic heterocycles. The molecule has 3 rings (SSSR count). The summed E-state index contributed by atoms with van der Waals surface area (Å²) in [5.41, 5.74) is 1.48. The number of nitrogens with one attached hydrogen (secondary N) is 2. The van der Waals surface area contributed by atoms with Crippen LogP contribution in [0.15, 0.2) is 18.5 Å². The third-order valence-corrected chi connectivity index (χ3v) is 4.27. The summed E-state index contributed by atoms with van der Waals surface area (Å²) in [5, 5.41) is 2.78. The van der Waals surface area contributed by atoms with E-state index in [1.54, 1.807) is 6.07 Å². The first-order chi connectivity index (χ1) is 13.7. The highest BCUT2D eigenvalue weighted by Crippen LogP contribution is 2.39. The maximum atomic E-state index is 12.6. The zero-order valence-electron chi connectivity index (χ0n) is 16.0. The smallest absolute Gasteiger partial charge is 0.274 e. The van der Waals surface area contributed by atoms with E-state index in [0.717, 1.165) is 18.8 Å². The lowest BCUT2D eigenvalue weighted by molar-refractivity contribution is 0.101. The van der Waals surface area contributed by atoms with Gasteiger partial charge in [0.2, 0.25) is 0 Å². The average molecular weight is 388 g/mol. The van der Waals surface area contributed by atoms with Crippen molar-refractivity contribution in [2.75, 3.05) is 49.7 Å². The number of H-pyrrole nitrogens is 1. The normalized spacial score (nSPS) is 13.9. The number of nitrogens with zero attached hydrogens (tertiary/aromatic N) is 2. The summed E-state index contributed by atoms with van der Waals surface area (Å²) in [5.74, 6) is 0.679. The van der Waals surface area contributed by atoms with Crippen molar-refractivity contribution in [2.24, 2.45) is 0 Å². The number of hydrogen-bond acceptors (Lipinski definition) is 7. The van der Waals surface area contributed by atoms with Gasteiger partial charge < -0.3 is 29.4 Å². The van der Waals surface area contributed by atoms with Crippen molar-refractivity contribution in [3.8, 4) is 11.5 Å². The number of morpholine rings is 1. The van der Waals surface area contributed by atoms with E-state index in [1.807, 2.05) is 19.9 Å². The van der Waals surface area contributed by atoms with Gasteiger partial charge in [-0.1, -0.05) is 0 Å². The number of rotatable bonds is 8. The third kappa shape index (κ3) is 4.25. The lowest BCUT2D eigenvalue weighted by atomic mass is 10.2. The first kappa shape index (κ1) is 19.7. The van der Waals surface area contributed by atoms with Gasteiger partial charge in [-0.25, -0.2) is 4.98 Å². The molecular weight excluding hydrogens is 364 g/mol. The Bertz CT molecular complexity index is 830. The molecule has 0 unspecified atom stereocenters. The number of aromatic nitrogens is 2. The summed E-state index contributed by atoms with van der Waals surface area (Å²) < 4.78 is 17.0. The molecule has 1 aromatic heterocycles. The maximum absolute atomic E-state index is 12.6. The van der Waals surface area contributed by atoms with Crippen molar-refractivity contribution >= 4 is 23.6 Å². The standard InChI is InChI=1S/C19H24N4O5/c1-3-27-16-10-15(23-5-7-26-8-6-23)17(28-4-2)9-13(16)22-19(25)18-14(11-24)20-12-21-18/h9-12H,3-8H2,1-2H3,(H,20,21)(H,22,25). The summed E-state index contributed by atoms with van der Waals surface area (Å²) in [6.45, 7) is 7.46. The highest BCUT2D eigenvalue weighted by atomic mass is 16.5. The van der Waals surface area contributed by atoms with Gasteiger partial charge in [0.1, 0.15) is 22.9 Å². The third-order valence-electron chi connectivity index (χ3n) is 4.27. The molecule has 1 aromatic carbocycles. The van der Waals surface area contributed by atoms with Gasteiger partial charge in [0, 0.05) is 25.2 Å². The minimum atomic E-state index is -0.484. The number of anilines is 2. The topological polar surface area (TPSA) is 106 Å². The number of ether oxygens (including phenoxy) is 3. The summed E-state index contributed by atoms with van der Waals surface area (Å²) in [7, 11) is 0. The molecule has 9 nitrogen and oxygen atoms in total. The zero-order valence-corrected chi connectivity index (χ0v) is 16.0. The van der Waals surface area contributed by atoms with Gasteiger partial charge in [-0.3, -0.25) is 9.59 Å². The van der Waals surface area contributed by atoms with E-state index in [2.05, 4.69) is 20.2 Å². The Morgan fingerprint density at radius 3 is 2.64 bits per heavy atom. The molecule has 150 valence electrons. The molecule has 0 saturated carbocycles. The van der Waals surface area contributed by atoms with E-state index >= 15 is 0 Å². The fourth-order valence-corrected chi connectivity index (χ4v) is 3.01. The molecular formula is C19H24N4O5. The first-order valence-corrected chi connectivity index (χ1v) is 9.24. The summed E-state index contributed by atoms with van der Waals surface area (Å²) in [4.78, 5) is 32.3. The number of imidazole rings is 1. The van der Waals surface area contributed by atoms with Gasteiger partial charge >= 0.3 is 0 Å². The van der Waals surface area contributed by atoms with Gasteiger partial charge in [-0.05, 0) is 13.8 Å². The predicted octanol–water partition coefficient (Wildman–Crippen LogP) is 2.11. The van der Waals surface area contributed by atoms with Crippen LogP contribution in [0.3, 0.4) is 0 Å². The van der Waals surface area contributed by atoms with E-state index in [9.17, 15) is 9.59 Å². The van der Waals surface area contributed by atoms with Crippen LogP contribution in [0.4, 0.5) is 11.4 Å². The fraction of sp³-hybridized carbons (Fsp3) is 0.421. The average Bonchev–Trinajstić information content (AvgIpc) is 3.20. The summed E-state index contributed by atoms with van der Waals surface area (Å²) >= 11 is 0. The largest absolute Gasteiger partial charge is 0.492 e. The van der Waals surface area contributed by atoms with Gasteiger partial charge in [0.25, 0.3) is 5.91 Å². The monoisotopic (exact) mass is 388 g/mol. The first-order valence-electron chi connectivity index (χ1n) is 9.24. The van der Waals surface area contributed by atoms with Crippen molar-refractivity contribution in [2.45, 2.75) is 13.8 Å². The molecule has 0 atom stereocenters. The van der Waals surface area contributed by atoms with Crippen molar-refractivity contribution < 1.29 is 23.8 Å². The maximum Gasteiger partial charge on any atom is 0.274 e. The van der Waals surface area contributed by atoms with Crippen LogP contribution >= 0.6 is 0 Å². The Kier molecular flexibility index (Phi) is 6.49. The quantitative estimate of drug-likeness (QED) is 0.667. The molecule has 0 spiro atoms. The Labute approximate surface area is 163 Å². The van der Waals surface area contributed by atoms with Crippen LogP contribution in [0.25, 0.3) is 0 Å². The van der Waals surface area contributed by atoms with Crippen LogP contribution in [0.1, 0.15) is 34.8 Å². The summed E-state index contributed by atoms with van der Waals surface area (Å²) in [6.07, 6.45) is 1.83. The molecule has 2 heterocycles. The van der Waals surface area contributed by atoms with Crippen LogP contribution in [0.5, 0.6) is 11.5 Å². The molecule has 0 aliphatic carbocycles. The van der Waals surface area contributed by atoms with Crippen LogP contribution in [-0.4, -0.2) is 61.7 Å². The van der Waals surface area contributed by atoms with Crippen molar-refractivity contribution in [3.05, 3.63) is 29.8 Å². The number of amides is 1. The van der Waals surface area contributed by atoms with Crippen molar-refractivity contribution in [1.82, 2.24) is 9.97 Å². The Morgan fingerprint density at radius 1 is 1.25 bits per heavy atom. The van der Waals surface area contributed by atoms with Crippen LogP contribution in [0, 0.1) is 0 Å². The van der Waals surface area contributed by atoms with Crippen LogP contribution in [0.2, 0.25) is 0 Å². The van der Waals surface area contributed by atoms with Crippen LogP contribution in [-0.2, 0) is 4.74 Å². The molecule has 1 aliphatic rings. The second-order valence-electron chi connectivity index (χ2n) is 6.02. The molecule has 1 amide bonds. The highest BCUT2D eigenvalue weighted by Gasteiger charge is 2.22. The Morgan fingerprint density at radius 2 is 1.96 bits per heavy atom. The zero-order chi connectivity index (χ0) is 19.9. The minimum Gasteiger partial charge on any atom is -0.492 e. The van der Waals surface area contributed by atoms with E-state index in [4.69, 9.17) is 14.2 Å². The molecule has 1 saturated heterocycles. The van der Waals surface area contributed by atoms with Gasteiger partial charge in [-0.15, -0.1) is 0 Å². The molecule has 2 N–H and O–H groups in total. The number of hydrogen-bond donors (Lipinski definition) is 2.